The van der Waals surface area contributed by atoms with Gasteiger partial charge in [-0.25, -0.2) is 0 Å². The molecule has 1 aromatic carbocycles. The van der Waals surface area contributed by atoms with E-state index in [1.807, 2.05) is 43.3 Å². The van der Waals surface area contributed by atoms with Crippen molar-refractivity contribution >= 4 is 22.2 Å². The number of hydrogen-bond donors (Lipinski definition) is 1. The minimum absolute atomic E-state index is 0.748. The Morgan fingerprint density at radius 1 is 1.25 bits per heavy atom. The molecule has 1 heterocycles. The van der Waals surface area contributed by atoms with Crippen LogP contribution in [0, 0.1) is 0 Å². The van der Waals surface area contributed by atoms with Crippen LogP contribution in [0.5, 0.6) is 0 Å². The first-order valence-corrected chi connectivity index (χ1v) is 5.81. The molecule has 84 valence electrons. The van der Waals surface area contributed by atoms with E-state index in [0.717, 1.165) is 27.8 Å². The zero-order chi connectivity index (χ0) is 11.5. The number of para-hydroxylation sites is 1. The molecule has 16 heavy (non-hydrogen) atoms. The van der Waals surface area contributed by atoms with Crippen molar-refractivity contribution in [2.75, 3.05) is 24.7 Å². The lowest BCUT2D eigenvalue weighted by molar-refractivity contribution is 0.973. The molecule has 0 bridgehead atoms. The third kappa shape index (κ3) is 2.30. The maximum Gasteiger partial charge on any atom is 0.207 e. The molecule has 0 aliphatic carbocycles. The predicted octanol–water partition coefficient (Wildman–Crippen LogP) is 1.78. The number of nitrogen functional groups attached to an aromatic ring is 1. The van der Waals surface area contributed by atoms with Crippen molar-refractivity contribution in [3.05, 3.63) is 34.8 Å². The lowest BCUT2D eigenvalue weighted by Crippen LogP contribution is -2.07. The molecule has 0 spiro atoms. The first-order chi connectivity index (χ1) is 7.66. The van der Waals surface area contributed by atoms with Crippen molar-refractivity contribution in [3.63, 3.8) is 0 Å². The van der Waals surface area contributed by atoms with Gasteiger partial charge in [0.05, 0.1) is 0 Å². The highest BCUT2D eigenvalue weighted by Gasteiger charge is 2.07. The molecule has 0 saturated carbocycles. The normalized spacial score (nSPS) is 10.4. The van der Waals surface area contributed by atoms with Crippen molar-refractivity contribution in [3.8, 4) is 0 Å². The van der Waals surface area contributed by atoms with Gasteiger partial charge in [0.2, 0.25) is 5.13 Å². The molecule has 2 aromatic rings. The molecule has 0 aliphatic rings. The highest BCUT2D eigenvalue weighted by molar-refractivity contribution is 7.15. The van der Waals surface area contributed by atoms with Crippen LogP contribution >= 0.6 is 11.3 Å². The van der Waals surface area contributed by atoms with E-state index >= 15 is 0 Å². The first kappa shape index (κ1) is 10.9. The van der Waals surface area contributed by atoms with Gasteiger partial charge in [0, 0.05) is 26.2 Å². The molecule has 0 aliphatic heterocycles. The average Bonchev–Trinajstić information content (AvgIpc) is 2.70. The third-order valence-corrected chi connectivity index (χ3v) is 3.33. The Hall–Kier alpha value is -1.62. The van der Waals surface area contributed by atoms with Gasteiger partial charge in [0.25, 0.3) is 0 Å². The average molecular weight is 234 g/mol. The lowest BCUT2D eigenvalue weighted by atomic mass is 10.1. The summed E-state index contributed by atoms with van der Waals surface area (Å²) in [6.07, 6.45) is 0.748. The molecule has 1 aromatic heterocycles. The van der Waals surface area contributed by atoms with Crippen LogP contribution in [-0.4, -0.2) is 24.3 Å². The van der Waals surface area contributed by atoms with Crippen LogP contribution in [0.2, 0.25) is 0 Å². The Bertz CT molecular complexity index is 478. The molecule has 0 amide bonds. The molecular weight excluding hydrogens is 220 g/mol. The highest BCUT2D eigenvalue weighted by Crippen LogP contribution is 2.22. The smallest absolute Gasteiger partial charge is 0.207 e. The van der Waals surface area contributed by atoms with E-state index in [1.165, 1.54) is 0 Å². The number of nitrogens with zero attached hydrogens (tertiary/aromatic N) is 3. The van der Waals surface area contributed by atoms with Gasteiger partial charge in [-0.2, -0.15) is 0 Å². The van der Waals surface area contributed by atoms with Crippen LogP contribution in [0.15, 0.2) is 24.3 Å². The van der Waals surface area contributed by atoms with E-state index < -0.39 is 0 Å². The number of aromatic nitrogens is 2. The number of benzene rings is 1. The lowest BCUT2D eigenvalue weighted by Gasteiger charge is -2.04. The van der Waals surface area contributed by atoms with Crippen LogP contribution in [0.3, 0.4) is 0 Å². The summed E-state index contributed by atoms with van der Waals surface area (Å²) in [5.41, 5.74) is 7.79. The summed E-state index contributed by atoms with van der Waals surface area (Å²) >= 11 is 1.59. The maximum absolute atomic E-state index is 5.88. The van der Waals surface area contributed by atoms with Crippen LogP contribution in [-0.2, 0) is 6.42 Å². The molecule has 0 saturated heterocycles. The Kier molecular flexibility index (Phi) is 3.05. The fourth-order valence-electron chi connectivity index (χ4n) is 1.36. The maximum atomic E-state index is 5.88. The molecule has 2 N–H and O–H groups in total. The molecular formula is C11H14N4S. The fraction of sp³-hybridized carbons (Fsp3) is 0.273. The highest BCUT2D eigenvalue weighted by atomic mass is 32.1. The second-order valence-electron chi connectivity index (χ2n) is 3.75. The van der Waals surface area contributed by atoms with Gasteiger partial charge >= 0.3 is 0 Å². The Labute approximate surface area is 98.7 Å². The van der Waals surface area contributed by atoms with Crippen molar-refractivity contribution in [1.29, 1.82) is 0 Å². The van der Waals surface area contributed by atoms with Gasteiger partial charge in [0.15, 0.2) is 0 Å². The van der Waals surface area contributed by atoms with Crippen molar-refractivity contribution in [2.24, 2.45) is 0 Å². The van der Waals surface area contributed by atoms with Gasteiger partial charge in [-0.05, 0) is 11.6 Å². The van der Waals surface area contributed by atoms with Crippen molar-refractivity contribution in [1.82, 2.24) is 10.2 Å². The van der Waals surface area contributed by atoms with Gasteiger partial charge in [-0.15, -0.1) is 10.2 Å². The summed E-state index contributed by atoms with van der Waals surface area (Å²) in [7, 11) is 3.92. The van der Waals surface area contributed by atoms with E-state index in [1.54, 1.807) is 11.3 Å². The second kappa shape index (κ2) is 4.49. The minimum Gasteiger partial charge on any atom is -0.398 e. The number of nitrogens with two attached hydrogens (primary N) is 1. The zero-order valence-electron chi connectivity index (χ0n) is 9.34. The summed E-state index contributed by atoms with van der Waals surface area (Å²) in [6, 6.07) is 7.85. The van der Waals surface area contributed by atoms with E-state index in [9.17, 15) is 0 Å². The molecule has 0 atom stereocenters. The number of anilines is 2. The van der Waals surface area contributed by atoms with Crippen LogP contribution in [0.1, 0.15) is 10.6 Å². The predicted molar refractivity (Wildman–Crippen MR) is 67.9 cm³/mol. The van der Waals surface area contributed by atoms with Crippen LogP contribution < -0.4 is 10.6 Å². The molecule has 4 nitrogen and oxygen atoms in total. The monoisotopic (exact) mass is 234 g/mol. The Morgan fingerprint density at radius 3 is 2.62 bits per heavy atom. The van der Waals surface area contributed by atoms with E-state index in [0.29, 0.717) is 0 Å². The summed E-state index contributed by atoms with van der Waals surface area (Å²) in [5, 5.41) is 10.1. The molecule has 0 radical (unpaired) electrons. The van der Waals surface area contributed by atoms with Crippen LogP contribution in [0.4, 0.5) is 10.8 Å². The minimum atomic E-state index is 0.748. The van der Waals surface area contributed by atoms with Crippen LogP contribution in [0.25, 0.3) is 0 Å². The van der Waals surface area contributed by atoms with Gasteiger partial charge in [0.1, 0.15) is 5.01 Å². The van der Waals surface area contributed by atoms with Gasteiger partial charge in [-0.1, -0.05) is 29.5 Å². The number of hydrogen-bond acceptors (Lipinski definition) is 5. The standard InChI is InChI=1S/C11H14N4S/c1-15(2)11-14-13-10(16-11)7-8-5-3-4-6-9(8)12/h3-6H,7,12H2,1-2H3. The van der Waals surface area contributed by atoms with Crippen molar-refractivity contribution in [2.45, 2.75) is 6.42 Å². The summed E-state index contributed by atoms with van der Waals surface area (Å²) in [5.74, 6) is 0. The zero-order valence-corrected chi connectivity index (χ0v) is 10.2. The fourth-order valence-corrected chi connectivity index (χ4v) is 2.14. The van der Waals surface area contributed by atoms with E-state index in [4.69, 9.17) is 5.73 Å². The van der Waals surface area contributed by atoms with Gasteiger partial charge in [-0.3, -0.25) is 0 Å². The molecule has 5 heteroatoms. The largest absolute Gasteiger partial charge is 0.398 e. The summed E-state index contributed by atoms with van der Waals surface area (Å²) in [6.45, 7) is 0. The summed E-state index contributed by atoms with van der Waals surface area (Å²) < 4.78 is 0. The van der Waals surface area contributed by atoms with Crippen molar-refractivity contribution < 1.29 is 0 Å². The third-order valence-electron chi connectivity index (χ3n) is 2.24. The second-order valence-corrected chi connectivity index (χ2v) is 4.79. The quantitative estimate of drug-likeness (QED) is 0.822. The number of rotatable bonds is 3. The molecule has 0 fully saturated rings. The van der Waals surface area contributed by atoms with E-state index in [2.05, 4.69) is 10.2 Å². The van der Waals surface area contributed by atoms with Gasteiger partial charge < -0.3 is 10.6 Å². The Morgan fingerprint density at radius 2 is 2.00 bits per heavy atom. The Balaban J connectivity index is 2.18. The molecule has 0 unspecified atom stereocenters. The summed E-state index contributed by atoms with van der Waals surface area (Å²) in [4.78, 5) is 1.95. The van der Waals surface area contributed by atoms with E-state index in [-0.39, 0.29) is 0 Å². The molecule has 2 rings (SSSR count). The first-order valence-electron chi connectivity index (χ1n) is 5.00. The SMILES string of the molecule is CN(C)c1nnc(Cc2ccccc2N)s1. The topological polar surface area (TPSA) is 55.0 Å².